The van der Waals surface area contributed by atoms with Gasteiger partial charge in [-0.2, -0.15) is 0 Å². The summed E-state index contributed by atoms with van der Waals surface area (Å²) >= 11 is 1.79. The molecule has 250 valence electrons. The van der Waals surface area contributed by atoms with Crippen LogP contribution in [0.2, 0.25) is 0 Å². The van der Waals surface area contributed by atoms with E-state index >= 15 is 0 Å². The van der Waals surface area contributed by atoms with E-state index in [4.69, 9.17) is 9.97 Å². The van der Waals surface area contributed by atoms with Crippen molar-refractivity contribution in [2.45, 2.75) is 0 Å². The normalized spacial score (nSPS) is 11.0. The molecule has 0 radical (unpaired) electrons. The lowest BCUT2D eigenvalue weighted by atomic mass is 10.0. The number of nitrogens with zero attached hydrogens (tertiary/aromatic N) is 6. The zero-order valence-electron chi connectivity index (χ0n) is 28.4. The summed E-state index contributed by atoms with van der Waals surface area (Å²) in [5, 5.41) is 0. The Balaban J connectivity index is 0.987. The third-order valence-electron chi connectivity index (χ3n) is 8.97. The van der Waals surface area contributed by atoms with Gasteiger partial charge in [0.05, 0.1) is 45.6 Å². The Labute approximate surface area is 311 Å². The van der Waals surface area contributed by atoms with E-state index in [0.29, 0.717) is 0 Å². The standard InChI is InChI=1S/C46H30N6S/c1-5-23-47-37(9-1)41-27-35(28-42(51-41)38-10-2-6-24-48-38)31-13-17-33(18-14-31)45-21-22-46(53-45)34-19-15-32(16-20-34)36-29-43(39-11-3-7-25-49-39)52-44(30-36)40-12-4-8-26-50-40/h1-30H. The van der Waals surface area contributed by atoms with E-state index in [0.717, 1.165) is 67.8 Å². The molecule has 0 saturated carbocycles. The lowest BCUT2D eigenvalue weighted by Gasteiger charge is -2.10. The maximum Gasteiger partial charge on any atom is 0.0900 e. The fourth-order valence-electron chi connectivity index (χ4n) is 6.28. The van der Waals surface area contributed by atoms with Crippen molar-refractivity contribution in [2.24, 2.45) is 0 Å². The van der Waals surface area contributed by atoms with Crippen LogP contribution in [0.4, 0.5) is 0 Å². The first-order chi connectivity index (χ1) is 26.2. The fraction of sp³-hybridized carbons (Fsp3) is 0. The Morgan fingerprint density at radius 1 is 0.264 bits per heavy atom. The predicted molar refractivity (Wildman–Crippen MR) is 215 cm³/mol. The number of rotatable bonds is 8. The highest BCUT2D eigenvalue weighted by molar-refractivity contribution is 7.18. The molecule has 6 nitrogen and oxygen atoms in total. The molecular weight excluding hydrogens is 669 g/mol. The van der Waals surface area contributed by atoms with Gasteiger partial charge >= 0.3 is 0 Å². The second-order valence-electron chi connectivity index (χ2n) is 12.4. The van der Waals surface area contributed by atoms with Crippen molar-refractivity contribution in [3.8, 4) is 88.7 Å². The molecule has 0 aliphatic heterocycles. The molecule has 9 rings (SSSR count). The number of benzene rings is 2. The highest BCUT2D eigenvalue weighted by Crippen LogP contribution is 2.37. The molecule has 0 aliphatic rings. The molecule has 0 atom stereocenters. The lowest BCUT2D eigenvalue weighted by molar-refractivity contribution is 1.22. The zero-order chi connectivity index (χ0) is 35.4. The molecule has 2 aromatic carbocycles. The Hall–Kier alpha value is -6.96. The first-order valence-electron chi connectivity index (χ1n) is 17.2. The molecule has 7 aromatic heterocycles. The Morgan fingerprint density at radius 2 is 0.566 bits per heavy atom. The SMILES string of the molecule is c1ccc(-c2cc(-c3ccc(-c4ccc(-c5ccc(-c6cc(-c7ccccn7)nc(-c7ccccn7)c6)cc5)s4)cc3)cc(-c3ccccn3)n2)nc1. The van der Waals surface area contributed by atoms with E-state index in [1.165, 1.54) is 20.9 Å². The van der Waals surface area contributed by atoms with Crippen LogP contribution in [0.1, 0.15) is 0 Å². The fourth-order valence-corrected chi connectivity index (χ4v) is 7.30. The average Bonchev–Trinajstić information content (AvgIpc) is 3.75. The maximum absolute atomic E-state index is 4.92. The zero-order valence-corrected chi connectivity index (χ0v) is 29.2. The van der Waals surface area contributed by atoms with E-state index in [-0.39, 0.29) is 0 Å². The number of thiophene rings is 1. The van der Waals surface area contributed by atoms with Gasteiger partial charge in [0.15, 0.2) is 0 Å². The van der Waals surface area contributed by atoms with Crippen LogP contribution in [0.3, 0.4) is 0 Å². The van der Waals surface area contributed by atoms with Crippen LogP contribution in [0, 0.1) is 0 Å². The molecule has 0 spiro atoms. The Kier molecular flexibility index (Phi) is 8.66. The number of hydrogen-bond donors (Lipinski definition) is 0. The van der Waals surface area contributed by atoms with Crippen LogP contribution in [0.5, 0.6) is 0 Å². The van der Waals surface area contributed by atoms with Gasteiger partial charge in [0.25, 0.3) is 0 Å². The van der Waals surface area contributed by atoms with Crippen molar-refractivity contribution in [2.75, 3.05) is 0 Å². The molecule has 7 heteroatoms. The van der Waals surface area contributed by atoms with Crippen LogP contribution in [-0.2, 0) is 0 Å². The summed E-state index contributed by atoms with van der Waals surface area (Å²) in [6.07, 6.45) is 7.18. The van der Waals surface area contributed by atoms with Crippen LogP contribution in [0.15, 0.2) is 183 Å². The summed E-state index contributed by atoms with van der Waals surface area (Å²) in [5.41, 5.74) is 13.2. The third-order valence-corrected chi connectivity index (χ3v) is 10.2. The average molecular weight is 699 g/mol. The summed E-state index contributed by atoms with van der Waals surface area (Å²) in [7, 11) is 0. The Bertz CT molecular complexity index is 2330. The topological polar surface area (TPSA) is 77.3 Å². The van der Waals surface area contributed by atoms with Gasteiger partial charge in [-0.15, -0.1) is 11.3 Å². The van der Waals surface area contributed by atoms with Crippen LogP contribution in [0.25, 0.3) is 88.7 Å². The molecule has 0 amide bonds. The number of aromatic nitrogens is 6. The summed E-state index contributed by atoms with van der Waals surface area (Å²) in [4.78, 5) is 30.5. The minimum atomic E-state index is 0.813. The van der Waals surface area contributed by atoms with Crippen LogP contribution < -0.4 is 0 Å². The van der Waals surface area contributed by atoms with Crippen molar-refractivity contribution in [3.05, 3.63) is 183 Å². The molecule has 9 aromatic rings. The Morgan fingerprint density at radius 3 is 0.849 bits per heavy atom. The van der Waals surface area contributed by atoms with Gasteiger partial charge in [-0.1, -0.05) is 72.8 Å². The lowest BCUT2D eigenvalue weighted by Crippen LogP contribution is -1.93. The quantitative estimate of drug-likeness (QED) is 0.157. The largest absolute Gasteiger partial charge is 0.255 e. The van der Waals surface area contributed by atoms with Crippen LogP contribution >= 0.6 is 11.3 Å². The summed E-state index contributed by atoms with van der Waals surface area (Å²) in [6, 6.07) is 53.8. The predicted octanol–water partition coefficient (Wildman–Crippen LogP) is 11.5. The smallest absolute Gasteiger partial charge is 0.0900 e. The van der Waals surface area contributed by atoms with Crippen molar-refractivity contribution in [3.63, 3.8) is 0 Å². The molecule has 0 aliphatic carbocycles. The second kappa shape index (κ2) is 14.3. The van der Waals surface area contributed by atoms with E-state index < -0.39 is 0 Å². The monoisotopic (exact) mass is 698 g/mol. The molecule has 0 fully saturated rings. The van der Waals surface area contributed by atoms with Crippen LogP contribution in [-0.4, -0.2) is 29.9 Å². The van der Waals surface area contributed by atoms with Crippen molar-refractivity contribution >= 4 is 11.3 Å². The van der Waals surface area contributed by atoms with E-state index in [1.807, 2.05) is 72.8 Å². The van der Waals surface area contributed by atoms with Crippen molar-refractivity contribution in [1.82, 2.24) is 29.9 Å². The van der Waals surface area contributed by atoms with Gasteiger partial charge in [0, 0.05) is 34.5 Å². The van der Waals surface area contributed by atoms with Gasteiger partial charge < -0.3 is 0 Å². The van der Waals surface area contributed by atoms with Crippen molar-refractivity contribution in [1.29, 1.82) is 0 Å². The van der Waals surface area contributed by atoms with Gasteiger partial charge in [0.2, 0.25) is 0 Å². The maximum atomic E-state index is 4.92. The minimum absolute atomic E-state index is 0.813. The third kappa shape index (κ3) is 6.89. The summed E-state index contributed by atoms with van der Waals surface area (Å²) < 4.78 is 0. The minimum Gasteiger partial charge on any atom is -0.255 e. The van der Waals surface area contributed by atoms with Gasteiger partial charge in [-0.3, -0.25) is 19.9 Å². The second-order valence-corrected chi connectivity index (χ2v) is 13.5. The molecule has 0 saturated heterocycles. The molecular formula is C46H30N6S. The highest BCUT2D eigenvalue weighted by Gasteiger charge is 2.13. The molecule has 0 bridgehead atoms. The van der Waals surface area contributed by atoms with E-state index in [2.05, 4.69) is 105 Å². The first kappa shape index (κ1) is 32.0. The first-order valence-corrected chi connectivity index (χ1v) is 18.1. The molecule has 53 heavy (non-hydrogen) atoms. The summed E-state index contributed by atoms with van der Waals surface area (Å²) in [5.74, 6) is 0. The van der Waals surface area contributed by atoms with Crippen molar-refractivity contribution < 1.29 is 0 Å². The van der Waals surface area contributed by atoms with Gasteiger partial charge in [0.1, 0.15) is 0 Å². The number of hydrogen-bond acceptors (Lipinski definition) is 7. The molecule has 0 N–H and O–H groups in total. The van der Waals surface area contributed by atoms with Gasteiger partial charge in [-0.25, -0.2) is 9.97 Å². The molecule has 7 heterocycles. The molecule has 0 unspecified atom stereocenters. The van der Waals surface area contributed by atoms with Gasteiger partial charge in [-0.05, 0) is 118 Å². The van der Waals surface area contributed by atoms with E-state index in [9.17, 15) is 0 Å². The highest BCUT2D eigenvalue weighted by atomic mass is 32.1. The van der Waals surface area contributed by atoms with E-state index in [1.54, 1.807) is 36.1 Å². The summed E-state index contributed by atoms with van der Waals surface area (Å²) in [6.45, 7) is 0. The number of pyridine rings is 6.